The lowest BCUT2D eigenvalue weighted by molar-refractivity contribution is 0.435. The van der Waals surface area contributed by atoms with Crippen molar-refractivity contribution in [1.82, 2.24) is 10.1 Å². The molecule has 0 aliphatic rings. The van der Waals surface area contributed by atoms with Gasteiger partial charge in [0.25, 0.3) is 0 Å². The van der Waals surface area contributed by atoms with Gasteiger partial charge in [0.1, 0.15) is 10.8 Å². The molecule has 0 aliphatic carbocycles. The summed E-state index contributed by atoms with van der Waals surface area (Å²) in [4.78, 5) is 5.53. The van der Waals surface area contributed by atoms with Crippen LogP contribution in [-0.2, 0) is 0 Å². The lowest BCUT2D eigenvalue weighted by atomic mass is 10.1. The molecule has 1 aromatic carbocycles. The first-order chi connectivity index (χ1) is 10.7. The van der Waals surface area contributed by atoms with Gasteiger partial charge in [-0.1, -0.05) is 35.0 Å². The van der Waals surface area contributed by atoms with Gasteiger partial charge in [-0.15, -0.1) is 11.3 Å². The van der Waals surface area contributed by atoms with E-state index in [2.05, 4.69) is 16.2 Å². The molecule has 0 radical (unpaired) electrons. The van der Waals surface area contributed by atoms with Gasteiger partial charge in [0, 0.05) is 11.5 Å². The predicted octanol–water partition coefficient (Wildman–Crippen LogP) is 5.58. The van der Waals surface area contributed by atoms with Crippen LogP contribution in [0.25, 0.3) is 32.8 Å². The molecule has 0 atom stereocenters. The maximum absolute atomic E-state index is 6.33. The molecule has 4 rings (SSSR count). The van der Waals surface area contributed by atoms with Gasteiger partial charge in [0.2, 0.25) is 0 Å². The van der Waals surface area contributed by atoms with Gasteiger partial charge in [0.05, 0.1) is 16.0 Å². The molecule has 0 fully saturated rings. The number of hydrogen-bond acceptors (Lipinski definition) is 4. The third kappa shape index (κ3) is 2.30. The molecule has 0 saturated heterocycles. The average Bonchev–Trinajstić information content (AvgIpc) is 3.17. The molecular formula is C17H11ClN2OS. The summed E-state index contributed by atoms with van der Waals surface area (Å²) >= 11 is 7.95. The average molecular weight is 327 g/mol. The van der Waals surface area contributed by atoms with Gasteiger partial charge in [-0.05, 0) is 36.1 Å². The number of aromatic nitrogens is 2. The van der Waals surface area contributed by atoms with E-state index in [0.717, 1.165) is 32.6 Å². The summed E-state index contributed by atoms with van der Waals surface area (Å²) in [5.74, 6) is 0.628. The molecule has 108 valence electrons. The minimum absolute atomic E-state index is 0.423. The third-order valence-corrected chi connectivity index (χ3v) is 4.66. The Morgan fingerprint density at radius 3 is 2.86 bits per heavy atom. The van der Waals surface area contributed by atoms with Crippen molar-refractivity contribution in [2.45, 2.75) is 6.92 Å². The molecule has 3 nitrogen and oxygen atoms in total. The minimum Gasteiger partial charge on any atom is -0.356 e. The zero-order valence-corrected chi connectivity index (χ0v) is 13.3. The van der Waals surface area contributed by atoms with Crippen LogP contribution in [0.15, 0.2) is 52.4 Å². The molecule has 22 heavy (non-hydrogen) atoms. The Bertz CT molecular complexity index is 960. The summed E-state index contributed by atoms with van der Waals surface area (Å²) in [6, 6.07) is 14.0. The van der Waals surface area contributed by atoms with Crippen molar-refractivity contribution < 1.29 is 4.52 Å². The fourth-order valence-corrected chi connectivity index (χ4v) is 3.29. The molecule has 5 heteroatoms. The van der Waals surface area contributed by atoms with Crippen molar-refractivity contribution in [2.24, 2.45) is 0 Å². The molecule has 4 aromatic rings. The van der Waals surface area contributed by atoms with Gasteiger partial charge in [-0.3, -0.25) is 0 Å². The Hall–Kier alpha value is -2.17. The predicted molar refractivity (Wildman–Crippen MR) is 90.3 cm³/mol. The van der Waals surface area contributed by atoms with Crippen molar-refractivity contribution in [2.75, 3.05) is 0 Å². The first-order valence-corrected chi connectivity index (χ1v) is 8.04. The molecule has 3 aromatic heterocycles. The smallest absolute Gasteiger partial charge is 0.170 e. The first kappa shape index (κ1) is 13.5. The quantitative estimate of drug-likeness (QED) is 0.451. The number of thiophene rings is 1. The van der Waals surface area contributed by atoms with Crippen molar-refractivity contribution in [1.29, 1.82) is 0 Å². The summed E-state index contributed by atoms with van der Waals surface area (Å²) in [5, 5.41) is 7.58. The zero-order valence-electron chi connectivity index (χ0n) is 11.7. The number of fused-ring (bicyclic) bond motifs is 1. The van der Waals surface area contributed by atoms with Crippen LogP contribution in [0.4, 0.5) is 0 Å². The summed E-state index contributed by atoms with van der Waals surface area (Å²) in [6.07, 6.45) is 0. The van der Waals surface area contributed by atoms with Crippen LogP contribution >= 0.6 is 22.9 Å². The van der Waals surface area contributed by atoms with E-state index in [1.807, 2.05) is 48.7 Å². The van der Waals surface area contributed by atoms with Crippen LogP contribution in [-0.4, -0.2) is 10.1 Å². The van der Waals surface area contributed by atoms with E-state index in [0.29, 0.717) is 10.9 Å². The number of pyridine rings is 1. The fraction of sp³-hybridized carbons (Fsp3) is 0.0588. The highest BCUT2D eigenvalue weighted by Crippen LogP contribution is 2.33. The van der Waals surface area contributed by atoms with E-state index in [1.54, 1.807) is 11.3 Å². The SMILES string of the molecule is Cc1ccc2cc(-c3cc(-c4cccs4)no3)c(Cl)nc2c1. The summed E-state index contributed by atoms with van der Waals surface area (Å²) in [5.41, 5.74) is 3.61. The van der Waals surface area contributed by atoms with Crippen LogP contribution in [0, 0.1) is 6.92 Å². The fourth-order valence-electron chi connectivity index (χ4n) is 2.37. The Morgan fingerprint density at radius 2 is 2.05 bits per heavy atom. The highest BCUT2D eigenvalue weighted by Gasteiger charge is 2.14. The zero-order chi connectivity index (χ0) is 15.1. The molecule has 0 aliphatic heterocycles. The van der Waals surface area contributed by atoms with Gasteiger partial charge in [-0.25, -0.2) is 4.98 Å². The summed E-state index contributed by atoms with van der Waals surface area (Å²) in [6.45, 7) is 2.03. The second-order valence-electron chi connectivity index (χ2n) is 5.08. The molecule has 0 saturated carbocycles. The van der Waals surface area contributed by atoms with Gasteiger partial charge < -0.3 is 4.52 Å². The van der Waals surface area contributed by atoms with E-state index in [4.69, 9.17) is 16.1 Å². The molecule has 0 bridgehead atoms. The Kier molecular flexibility index (Phi) is 3.21. The maximum atomic E-state index is 6.33. The van der Waals surface area contributed by atoms with Crippen LogP contribution in [0.1, 0.15) is 5.56 Å². The second kappa shape index (κ2) is 5.23. The van der Waals surface area contributed by atoms with E-state index in [9.17, 15) is 0 Å². The standard InChI is InChI=1S/C17H11ClN2OS/c1-10-4-5-11-8-12(17(18)19-13(11)7-10)15-9-14(20-21-15)16-3-2-6-22-16/h2-9H,1H3. The number of hydrogen-bond donors (Lipinski definition) is 0. The maximum Gasteiger partial charge on any atom is 0.170 e. The third-order valence-electron chi connectivity index (χ3n) is 3.48. The Morgan fingerprint density at radius 1 is 1.14 bits per heavy atom. The minimum atomic E-state index is 0.423. The normalized spacial score (nSPS) is 11.2. The van der Waals surface area contributed by atoms with Gasteiger partial charge in [-0.2, -0.15) is 0 Å². The van der Waals surface area contributed by atoms with Crippen molar-refractivity contribution >= 4 is 33.8 Å². The molecule has 0 spiro atoms. The van der Waals surface area contributed by atoms with E-state index in [-0.39, 0.29) is 0 Å². The number of nitrogens with zero attached hydrogens (tertiary/aromatic N) is 2. The van der Waals surface area contributed by atoms with E-state index < -0.39 is 0 Å². The molecule has 0 N–H and O–H groups in total. The highest BCUT2D eigenvalue weighted by atomic mass is 35.5. The topological polar surface area (TPSA) is 38.9 Å². The van der Waals surface area contributed by atoms with Crippen molar-refractivity contribution in [3.8, 4) is 21.9 Å². The summed E-state index contributed by atoms with van der Waals surface area (Å²) < 4.78 is 5.46. The Labute approximate surface area is 136 Å². The number of aryl methyl sites for hydroxylation is 1. The number of halogens is 1. The number of benzene rings is 1. The lowest BCUT2D eigenvalue weighted by Crippen LogP contribution is -1.86. The molecular weight excluding hydrogens is 316 g/mol. The van der Waals surface area contributed by atoms with Gasteiger partial charge >= 0.3 is 0 Å². The summed E-state index contributed by atoms with van der Waals surface area (Å²) in [7, 11) is 0. The molecule has 3 heterocycles. The largest absolute Gasteiger partial charge is 0.356 e. The van der Waals surface area contributed by atoms with Crippen LogP contribution < -0.4 is 0 Å². The van der Waals surface area contributed by atoms with Crippen LogP contribution in [0.2, 0.25) is 5.15 Å². The monoisotopic (exact) mass is 326 g/mol. The number of rotatable bonds is 2. The molecule has 0 amide bonds. The molecule has 0 unspecified atom stereocenters. The Balaban J connectivity index is 1.84. The first-order valence-electron chi connectivity index (χ1n) is 6.78. The van der Waals surface area contributed by atoms with Crippen molar-refractivity contribution in [3.63, 3.8) is 0 Å². The van der Waals surface area contributed by atoms with Crippen LogP contribution in [0.5, 0.6) is 0 Å². The lowest BCUT2D eigenvalue weighted by Gasteiger charge is -2.03. The van der Waals surface area contributed by atoms with E-state index in [1.165, 1.54) is 0 Å². The van der Waals surface area contributed by atoms with Crippen molar-refractivity contribution in [3.05, 3.63) is 58.6 Å². The van der Waals surface area contributed by atoms with Gasteiger partial charge in [0.15, 0.2) is 5.76 Å². The van der Waals surface area contributed by atoms with E-state index >= 15 is 0 Å². The van der Waals surface area contributed by atoms with Crippen LogP contribution in [0.3, 0.4) is 0 Å². The highest BCUT2D eigenvalue weighted by molar-refractivity contribution is 7.13. The second-order valence-corrected chi connectivity index (χ2v) is 6.38.